The molecule has 2 aliphatic rings. The van der Waals surface area contributed by atoms with Crippen LogP contribution in [0.2, 0.25) is 0 Å². The Balaban J connectivity index is 1.40. The highest BCUT2D eigenvalue weighted by atomic mass is 16.4. The number of rotatable bonds is 5. The van der Waals surface area contributed by atoms with Gasteiger partial charge in [-0.15, -0.1) is 0 Å². The number of hydrogen-bond acceptors (Lipinski definition) is 2. The van der Waals surface area contributed by atoms with E-state index in [9.17, 15) is 4.79 Å². The molecule has 0 saturated heterocycles. The van der Waals surface area contributed by atoms with Gasteiger partial charge in [0.15, 0.2) is 17.6 Å². The zero-order valence-corrected chi connectivity index (χ0v) is 16.2. The van der Waals surface area contributed by atoms with Crippen LogP contribution in [0, 0.1) is 6.92 Å². The number of furan rings is 1. The zero-order chi connectivity index (χ0) is 19.1. The predicted octanol–water partition coefficient (Wildman–Crippen LogP) is 2.47. The summed E-state index contributed by atoms with van der Waals surface area (Å²) in [6.07, 6.45) is 4.33. The molecule has 5 nitrogen and oxygen atoms in total. The van der Waals surface area contributed by atoms with E-state index in [2.05, 4.69) is 59.4 Å². The maximum atomic E-state index is 12.2. The quantitative estimate of drug-likeness (QED) is 0.719. The van der Waals surface area contributed by atoms with E-state index in [4.69, 9.17) is 4.42 Å². The van der Waals surface area contributed by atoms with Gasteiger partial charge in [-0.3, -0.25) is 4.79 Å². The lowest BCUT2D eigenvalue weighted by molar-refractivity contribution is -0.944. The number of carbonyl (C=O) groups is 1. The molecule has 1 fully saturated rings. The van der Waals surface area contributed by atoms with Gasteiger partial charge in [0.25, 0.3) is 5.91 Å². The number of amides is 1. The summed E-state index contributed by atoms with van der Waals surface area (Å²) in [6.45, 7) is 4.92. The van der Waals surface area contributed by atoms with Crippen molar-refractivity contribution in [2.75, 3.05) is 6.54 Å². The first kappa shape index (κ1) is 17.3. The van der Waals surface area contributed by atoms with E-state index in [0.29, 0.717) is 11.8 Å². The number of fused-ring (bicyclic) bond motifs is 1. The Morgan fingerprint density at radius 2 is 2.11 bits per heavy atom. The number of aromatic nitrogens is 1. The fourth-order valence-electron chi connectivity index (χ4n) is 4.26. The maximum absolute atomic E-state index is 12.2. The van der Waals surface area contributed by atoms with Crippen molar-refractivity contribution < 1.29 is 14.1 Å². The Bertz CT molecular complexity index is 999. The minimum atomic E-state index is -0.0912. The zero-order valence-electron chi connectivity index (χ0n) is 16.2. The van der Waals surface area contributed by atoms with Gasteiger partial charge >= 0.3 is 0 Å². The smallest absolute Gasteiger partial charge is 0.287 e. The Hall–Kier alpha value is -2.79. The fourth-order valence-corrected chi connectivity index (χ4v) is 4.26. The molecular weight excluding hydrogens is 350 g/mol. The van der Waals surface area contributed by atoms with Crippen LogP contribution in [0.1, 0.15) is 52.0 Å². The highest BCUT2D eigenvalue weighted by molar-refractivity contribution is 5.91. The molecular formula is C23H26N3O2+. The second-order valence-corrected chi connectivity index (χ2v) is 8.07. The molecule has 2 aromatic heterocycles. The summed E-state index contributed by atoms with van der Waals surface area (Å²) >= 11 is 0. The van der Waals surface area contributed by atoms with E-state index in [1.165, 1.54) is 21.7 Å². The Morgan fingerprint density at radius 3 is 2.93 bits per heavy atom. The molecule has 0 bridgehead atoms. The first-order chi connectivity index (χ1) is 13.7. The highest BCUT2D eigenvalue weighted by Gasteiger charge is 2.33. The number of benzene rings is 1. The molecule has 1 aromatic carbocycles. The number of carbonyl (C=O) groups excluding carboxylic acids is 1. The third-order valence-corrected chi connectivity index (χ3v) is 5.82. The number of aryl methyl sites for hydroxylation is 1. The molecule has 3 heterocycles. The van der Waals surface area contributed by atoms with Crippen LogP contribution in [0.5, 0.6) is 0 Å². The Morgan fingerprint density at radius 1 is 1.21 bits per heavy atom. The largest absolute Gasteiger partial charge is 0.450 e. The summed E-state index contributed by atoms with van der Waals surface area (Å²) in [4.78, 5) is 13.7. The van der Waals surface area contributed by atoms with E-state index in [0.717, 1.165) is 38.2 Å². The summed E-state index contributed by atoms with van der Waals surface area (Å²) in [7, 11) is 0. The van der Waals surface area contributed by atoms with Crippen LogP contribution in [0.25, 0.3) is 0 Å². The van der Waals surface area contributed by atoms with Crippen LogP contribution in [-0.2, 0) is 13.1 Å². The molecule has 0 spiro atoms. The van der Waals surface area contributed by atoms with E-state index >= 15 is 0 Å². The van der Waals surface area contributed by atoms with Crippen LogP contribution in [0.15, 0.2) is 59.1 Å². The molecule has 28 heavy (non-hydrogen) atoms. The van der Waals surface area contributed by atoms with Gasteiger partial charge in [-0.2, -0.15) is 0 Å². The topological polar surface area (TPSA) is 51.6 Å². The van der Waals surface area contributed by atoms with E-state index in [1.807, 2.05) is 6.07 Å². The molecule has 0 radical (unpaired) electrons. The molecule has 1 amide bonds. The molecule has 5 rings (SSSR count). The summed E-state index contributed by atoms with van der Waals surface area (Å²) in [6, 6.07) is 17.5. The molecule has 1 unspecified atom stereocenters. The molecule has 1 saturated carbocycles. The number of quaternary nitrogens is 1. The monoisotopic (exact) mass is 376 g/mol. The Labute approximate surface area is 165 Å². The van der Waals surface area contributed by atoms with Gasteiger partial charge < -0.3 is 19.2 Å². The van der Waals surface area contributed by atoms with Crippen molar-refractivity contribution in [3.05, 3.63) is 83.1 Å². The molecule has 1 aliphatic carbocycles. The molecule has 1 aliphatic heterocycles. The summed E-state index contributed by atoms with van der Waals surface area (Å²) in [5, 5.41) is 2.99. The van der Waals surface area contributed by atoms with Crippen molar-refractivity contribution in [1.82, 2.24) is 9.88 Å². The number of hydrogen-bond donors (Lipinski definition) is 2. The van der Waals surface area contributed by atoms with Crippen molar-refractivity contribution in [3.8, 4) is 0 Å². The van der Waals surface area contributed by atoms with Crippen molar-refractivity contribution in [2.24, 2.45) is 0 Å². The lowest BCUT2D eigenvalue weighted by atomic mass is 9.98. The minimum Gasteiger partial charge on any atom is -0.450 e. The van der Waals surface area contributed by atoms with Crippen molar-refractivity contribution in [2.45, 2.75) is 44.9 Å². The third-order valence-electron chi connectivity index (χ3n) is 5.82. The highest BCUT2D eigenvalue weighted by Crippen LogP contribution is 2.24. The summed E-state index contributed by atoms with van der Waals surface area (Å²) < 4.78 is 8.27. The molecule has 2 N–H and O–H groups in total. The number of nitrogens with one attached hydrogen (secondary N) is 2. The molecule has 2 atom stereocenters. The predicted molar refractivity (Wildman–Crippen MR) is 106 cm³/mol. The van der Waals surface area contributed by atoms with E-state index in [-0.39, 0.29) is 11.9 Å². The maximum Gasteiger partial charge on any atom is 0.287 e. The minimum absolute atomic E-state index is 0.0912. The van der Waals surface area contributed by atoms with E-state index < -0.39 is 0 Å². The second kappa shape index (κ2) is 6.99. The van der Waals surface area contributed by atoms with Gasteiger partial charge in [0.05, 0.1) is 18.8 Å². The van der Waals surface area contributed by atoms with Crippen LogP contribution in [0.4, 0.5) is 0 Å². The fraction of sp³-hybridized carbons (Fsp3) is 0.348. The van der Waals surface area contributed by atoms with Gasteiger partial charge in [-0.1, -0.05) is 23.8 Å². The first-order valence-corrected chi connectivity index (χ1v) is 10.1. The molecule has 144 valence electrons. The molecule has 3 aromatic rings. The van der Waals surface area contributed by atoms with Crippen molar-refractivity contribution in [1.29, 1.82) is 0 Å². The van der Waals surface area contributed by atoms with Crippen LogP contribution in [0.3, 0.4) is 0 Å². The van der Waals surface area contributed by atoms with Gasteiger partial charge in [-0.25, -0.2) is 0 Å². The standard InChI is InChI=1S/C23H25N3O2/c1-16-4-2-5-17(14-16)22-20-6-3-11-25(20)12-13-26(22)15-19-9-10-21(28-19)23(27)24-18-7-8-18/h2-6,9-11,14,18,22H,7-8,12-13,15H2,1H3,(H,24,27)/p+1/t22-/m0/s1. The average molecular weight is 376 g/mol. The van der Waals surface area contributed by atoms with Crippen molar-refractivity contribution >= 4 is 5.91 Å². The summed E-state index contributed by atoms with van der Waals surface area (Å²) in [5.74, 6) is 1.20. The van der Waals surface area contributed by atoms with Gasteiger partial charge in [0.2, 0.25) is 0 Å². The average Bonchev–Trinajstić information content (AvgIpc) is 3.17. The SMILES string of the molecule is Cc1cccc([C@H]2c3cccn3CC[NH+]2Cc2ccc(C(=O)NC3CC3)o2)c1. The van der Waals surface area contributed by atoms with Gasteiger partial charge in [0, 0.05) is 17.8 Å². The normalized spacial score (nSPS) is 21.3. The summed E-state index contributed by atoms with van der Waals surface area (Å²) in [5.41, 5.74) is 3.94. The first-order valence-electron chi connectivity index (χ1n) is 10.1. The van der Waals surface area contributed by atoms with Crippen LogP contribution < -0.4 is 10.2 Å². The number of nitrogens with zero attached hydrogens (tertiary/aromatic N) is 1. The Kier molecular flexibility index (Phi) is 4.32. The lowest BCUT2D eigenvalue weighted by Crippen LogP contribution is -3.12. The third kappa shape index (κ3) is 3.38. The second-order valence-electron chi connectivity index (χ2n) is 8.07. The van der Waals surface area contributed by atoms with Gasteiger partial charge in [0.1, 0.15) is 6.54 Å². The molecule has 5 heteroatoms. The lowest BCUT2D eigenvalue weighted by Gasteiger charge is -2.34. The van der Waals surface area contributed by atoms with Crippen molar-refractivity contribution in [3.63, 3.8) is 0 Å². The van der Waals surface area contributed by atoms with Gasteiger partial charge in [-0.05, 0) is 50.1 Å². The van der Waals surface area contributed by atoms with Crippen LogP contribution >= 0.6 is 0 Å². The van der Waals surface area contributed by atoms with E-state index in [1.54, 1.807) is 6.07 Å². The van der Waals surface area contributed by atoms with Crippen LogP contribution in [-0.4, -0.2) is 23.1 Å².